The third-order valence-electron chi connectivity index (χ3n) is 2.89. The number of hydrogen-bond acceptors (Lipinski definition) is 3. The average molecular weight is 209 g/mol. The fourth-order valence-electron chi connectivity index (χ4n) is 2.18. The first-order chi connectivity index (χ1) is 6.84. The Labute approximate surface area is 86.1 Å². The van der Waals surface area contributed by atoms with Gasteiger partial charge in [-0.1, -0.05) is 0 Å². The van der Waals surface area contributed by atoms with Crippen molar-refractivity contribution in [3.8, 4) is 0 Å². The van der Waals surface area contributed by atoms with Gasteiger partial charge in [0.1, 0.15) is 5.69 Å². The molecule has 1 aromatic heterocycles. The van der Waals surface area contributed by atoms with Crippen LogP contribution in [-0.4, -0.2) is 44.6 Å². The quantitative estimate of drug-likeness (QED) is 0.742. The van der Waals surface area contributed by atoms with Gasteiger partial charge in [0, 0.05) is 29.8 Å². The van der Waals surface area contributed by atoms with Crippen molar-refractivity contribution in [2.45, 2.75) is 17.7 Å². The maximum Gasteiger partial charge on any atom is 0.272 e. The normalized spacial score (nSPS) is 29.9. The Balaban J connectivity index is 1.81. The highest BCUT2D eigenvalue weighted by atomic mass is 32.2. The molecule has 0 aliphatic carbocycles. The summed E-state index contributed by atoms with van der Waals surface area (Å²) in [6, 6.07) is 2.20. The highest BCUT2D eigenvalue weighted by molar-refractivity contribution is 8.00. The van der Waals surface area contributed by atoms with Gasteiger partial charge in [0.2, 0.25) is 0 Å². The molecule has 2 aliphatic heterocycles. The molecule has 0 aromatic carbocycles. The van der Waals surface area contributed by atoms with E-state index in [-0.39, 0.29) is 5.91 Å². The van der Waals surface area contributed by atoms with E-state index in [9.17, 15) is 4.79 Å². The van der Waals surface area contributed by atoms with Crippen LogP contribution in [0.3, 0.4) is 0 Å². The fraction of sp³-hybridized carbons (Fsp3) is 0.556. The van der Waals surface area contributed by atoms with Gasteiger partial charge in [-0.3, -0.25) is 9.89 Å². The van der Waals surface area contributed by atoms with Gasteiger partial charge in [-0.15, -0.1) is 0 Å². The van der Waals surface area contributed by atoms with Gasteiger partial charge in [-0.2, -0.15) is 16.9 Å². The maximum absolute atomic E-state index is 11.9. The van der Waals surface area contributed by atoms with Crippen LogP contribution in [0.25, 0.3) is 0 Å². The molecule has 2 fully saturated rings. The third kappa shape index (κ3) is 1.15. The molecule has 2 atom stereocenters. The lowest BCUT2D eigenvalue weighted by atomic mass is 10.2. The average Bonchev–Trinajstić information content (AvgIpc) is 2.93. The van der Waals surface area contributed by atoms with E-state index >= 15 is 0 Å². The van der Waals surface area contributed by atoms with Gasteiger partial charge in [0.25, 0.3) is 5.91 Å². The van der Waals surface area contributed by atoms with Crippen LogP contribution in [0.1, 0.15) is 16.9 Å². The summed E-state index contributed by atoms with van der Waals surface area (Å²) in [4.78, 5) is 13.9. The minimum Gasteiger partial charge on any atom is -0.332 e. The van der Waals surface area contributed by atoms with Crippen molar-refractivity contribution < 1.29 is 4.79 Å². The van der Waals surface area contributed by atoms with E-state index in [1.165, 1.54) is 6.42 Å². The lowest BCUT2D eigenvalue weighted by Crippen LogP contribution is -2.39. The number of thioether (sulfide) groups is 1. The topological polar surface area (TPSA) is 49.0 Å². The monoisotopic (exact) mass is 209 g/mol. The molecule has 74 valence electrons. The van der Waals surface area contributed by atoms with E-state index in [4.69, 9.17) is 0 Å². The van der Waals surface area contributed by atoms with Crippen LogP contribution < -0.4 is 0 Å². The van der Waals surface area contributed by atoms with Gasteiger partial charge < -0.3 is 4.90 Å². The summed E-state index contributed by atoms with van der Waals surface area (Å²) < 4.78 is 0. The molecule has 0 spiro atoms. The number of carbonyl (C=O) groups excluding carboxylic acids is 1. The summed E-state index contributed by atoms with van der Waals surface area (Å²) in [7, 11) is 0. The van der Waals surface area contributed by atoms with E-state index in [1.54, 1.807) is 12.3 Å². The molecule has 2 unspecified atom stereocenters. The van der Waals surface area contributed by atoms with Gasteiger partial charge in [-0.25, -0.2) is 0 Å². The fourth-order valence-corrected chi connectivity index (χ4v) is 3.61. The van der Waals surface area contributed by atoms with Crippen LogP contribution in [0, 0.1) is 0 Å². The van der Waals surface area contributed by atoms with Crippen molar-refractivity contribution in [3.63, 3.8) is 0 Å². The second-order valence-corrected chi connectivity index (χ2v) is 5.11. The van der Waals surface area contributed by atoms with Crippen molar-refractivity contribution in [2.24, 2.45) is 0 Å². The van der Waals surface area contributed by atoms with Crippen molar-refractivity contribution >= 4 is 17.7 Å². The summed E-state index contributed by atoms with van der Waals surface area (Å²) in [5.74, 6) is 1.21. The Kier molecular flexibility index (Phi) is 1.80. The number of rotatable bonds is 1. The number of carbonyl (C=O) groups is 1. The number of nitrogens with one attached hydrogen (secondary N) is 1. The van der Waals surface area contributed by atoms with E-state index in [1.807, 2.05) is 16.7 Å². The number of aromatic nitrogens is 2. The number of H-pyrrole nitrogens is 1. The minimum absolute atomic E-state index is 0.107. The van der Waals surface area contributed by atoms with E-state index < -0.39 is 0 Å². The van der Waals surface area contributed by atoms with Crippen LogP contribution in [0.5, 0.6) is 0 Å². The van der Waals surface area contributed by atoms with Crippen LogP contribution >= 0.6 is 11.8 Å². The predicted molar refractivity (Wildman–Crippen MR) is 54.3 cm³/mol. The molecule has 14 heavy (non-hydrogen) atoms. The molecule has 1 N–H and O–H groups in total. The van der Waals surface area contributed by atoms with E-state index in [0.717, 1.165) is 12.3 Å². The zero-order valence-electron chi connectivity index (χ0n) is 7.64. The summed E-state index contributed by atoms with van der Waals surface area (Å²) in [6.45, 7) is 0.910. The molecule has 0 radical (unpaired) electrons. The molecule has 2 saturated heterocycles. The lowest BCUT2D eigenvalue weighted by molar-refractivity contribution is 0.0741. The third-order valence-corrected chi connectivity index (χ3v) is 4.28. The van der Waals surface area contributed by atoms with Crippen LogP contribution in [0.15, 0.2) is 12.3 Å². The first-order valence-electron chi connectivity index (χ1n) is 4.76. The molecule has 3 rings (SSSR count). The van der Waals surface area contributed by atoms with Crippen molar-refractivity contribution in [1.29, 1.82) is 0 Å². The molecule has 2 aliphatic rings. The predicted octanol–water partition coefficient (Wildman–Crippen LogP) is 0.740. The second-order valence-electron chi connectivity index (χ2n) is 3.77. The zero-order valence-corrected chi connectivity index (χ0v) is 8.46. The summed E-state index contributed by atoms with van der Waals surface area (Å²) >= 11 is 1.99. The first kappa shape index (κ1) is 8.35. The number of aromatic amines is 1. The second kappa shape index (κ2) is 3.02. The van der Waals surface area contributed by atoms with Crippen LogP contribution in [-0.2, 0) is 0 Å². The number of likely N-dealkylation sites (tertiary alicyclic amines) is 1. The van der Waals surface area contributed by atoms with Crippen molar-refractivity contribution in [1.82, 2.24) is 15.1 Å². The molecule has 3 heterocycles. The highest BCUT2D eigenvalue weighted by Crippen LogP contribution is 2.37. The molecular weight excluding hydrogens is 198 g/mol. The minimum atomic E-state index is 0.107. The lowest BCUT2D eigenvalue weighted by Gasteiger charge is -2.25. The zero-order chi connectivity index (χ0) is 9.54. The summed E-state index contributed by atoms with van der Waals surface area (Å²) in [5.41, 5.74) is 0.613. The Hall–Kier alpha value is -0.970. The Morgan fingerprint density at radius 1 is 1.71 bits per heavy atom. The van der Waals surface area contributed by atoms with Gasteiger partial charge in [0.15, 0.2) is 0 Å². The number of fused-ring (bicyclic) bond motifs is 2. The van der Waals surface area contributed by atoms with E-state index in [0.29, 0.717) is 17.0 Å². The van der Waals surface area contributed by atoms with E-state index in [2.05, 4.69) is 10.2 Å². The highest BCUT2D eigenvalue weighted by Gasteiger charge is 2.41. The largest absolute Gasteiger partial charge is 0.332 e. The SMILES string of the molecule is O=C(c1ccn[nH]1)N1CC2CC1CS2. The number of nitrogens with zero attached hydrogens (tertiary/aromatic N) is 2. The summed E-state index contributed by atoms with van der Waals surface area (Å²) in [5, 5.41) is 7.20. The van der Waals surface area contributed by atoms with Crippen LogP contribution in [0.2, 0.25) is 0 Å². The first-order valence-corrected chi connectivity index (χ1v) is 5.81. The number of amides is 1. The van der Waals surface area contributed by atoms with Gasteiger partial charge >= 0.3 is 0 Å². The molecule has 1 aromatic rings. The Bertz CT molecular complexity index is 351. The summed E-state index contributed by atoms with van der Waals surface area (Å²) in [6.07, 6.45) is 2.79. The molecule has 2 bridgehead atoms. The Morgan fingerprint density at radius 2 is 2.64 bits per heavy atom. The smallest absolute Gasteiger partial charge is 0.272 e. The van der Waals surface area contributed by atoms with Crippen LogP contribution in [0.4, 0.5) is 0 Å². The molecule has 1 amide bonds. The Morgan fingerprint density at radius 3 is 3.21 bits per heavy atom. The molecule has 4 nitrogen and oxygen atoms in total. The van der Waals surface area contributed by atoms with Crippen molar-refractivity contribution in [3.05, 3.63) is 18.0 Å². The van der Waals surface area contributed by atoms with Gasteiger partial charge in [-0.05, 0) is 12.5 Å². The standard InChI is InChI=1S/C9H11N3OS/c13-9(8-1-2-10-11-8)12-4-7-3-6(12)5-14-7/h1-2,6-7H,3-5H2,(H,10,11). The number of hydrogen-bond donors (Lipinski definition) is 1. The molecular formula is C9H11N3OS. The van der Waals surface area contributed by atoms with Gasteiger partial charge in [0.05, 0.1) is 0 Å². The molecule has 0 saturated carbocycles. The maximum atomic E-state index is 11.9. The van der Waals surface area contributed by atoms with Crippen molar-refractivity contribution in [2.75, 3.05) is 12.3 Å². The molecule has 5 heteroatoms.